The summed E-state index contributed by atoms with van der Waals surface area (Å²) in [6, 6.07) is 9.18. The van der Waals surface area contributed by atoms with Gasteiger partial charge in [-0.15, -0.1) is 0 Å². The first kappa shape index (κ1) is 21.0. The lowest BCUT2D eigenvalue weighted by Crippen LogP contribution is -2.32. The van der Waals surface area contributed by atoms with Crippen LogP contribution in [0.25, 0.3) is 11.7 Å². The predicted octanol–water partition coefficient (Wildman–Crippen LogP) is 3.29. The van der Waals surface area contributed by atoms with Gasteiger partial charge >= 0.3 is 0 Å². The molecule has 170 valence electrons. The second-order valence-electron chi connectivity index (χ2n) is 8.20. The minimum atomic E-state index is -2.63. The van der Waals surface area contributed by atoms with Crippen LogP contribution in [0.1, 0.15) is 37.7 Å². The van der Waals surface area contributed by atoms with Crippen LogP contribution in [-0.2, 0) is 9.59 Å². The fourth-order valence-corrected chi connectivity index (χ4v) is 3.97. The third-order valence-electron chi connectivity index (χ3n) is 5.70. The molecule has 3 aromatic rings. The zero-order valence-electron chi connectivity index (χ0n) is 17.5. The Morgan fingerprint density at radius 3 is 2.58 bits per heavy atom. The quantitative estimate of drug-likeness (QED) is 0.401. The number of carbonyl (C=O) groups is 2. The molecule has 11 heteroatoms. The number of nitrogens with zero attached hydrogens (tertiary/aromatic N) is 4. The van der Waals surface area contributed by atoms with Crippen LogP contribution >= 0.6 is 0 Å². The molecule has 9 nitrogen and oxygen atoms in total. The number of para-hydroxylation sites is 1. The van der Waals surface area contributed by atoms with E-state index in [1.54, 1.807) is 6.08 Å². The highest BCUT2D eigenvalue weighted by atomic mass is 19.3. The highest BCUT2D eigenvalue weighted by molar-refractivity contribution is 6.15. The van der Waals surface area contributed by atoms with Gasteiger partial charge in [-0.2, -0.15) is 19.6 Å². The van der Waals surface area contributed by atoms with E-state index in [2.05, 4.69) is 31.0 Å². The van der Waals surface area contributed by atoms with Crippen LogP contribution in [0.5, 0.6) is 0 Å². The molecule has 0 atom stereocenters. The molecule has 3 N–H and O–H groups in total. The average molecular weight is 453 g/mol. The number of nitrogens with one attached hydrogen (secondary N) is 3. The van der Waals surface area contributed by atoms with Crippen LogP contribution in [-0.4, -0.2) is 43.4 Å². The standard InChI is InChI=1S/C22H21F2N7O2/c23-22(24)8-6-16(7-9-22)26-20-29-18-14(10-13-11-17(32)28-19(13)33)12-25-31(18)21(30-20)27-15-4-2-1-3-5-15/h1-5,10,12,16H,6-9,11H2,(H,28,32,33)(H2,26,27,29,30)/b13-10+. The van der Waals surface area contributed by atoms with E-state index in [0.717, 1.165) is 5.69 Å². The molecule has 0 radical (unpaired) electrons. The van der Waals surface area contributed by atoms with Gasteiger partial charge in [-0.3, -0.25) is 14.9 Å². The number of imide groups is 1. The smallest absolute Gasteiger partial charge is 0.254 e. The second kappa shape index (κ2) is 8.23. The third-order valence-corrected chi connectivity index (χ3v) is 5.70. The van der Waals surface area contributed by atoms with Gasteiger partial charge in [-0.25, -0.2) is 8.78 Å². The van der Waals surface area contributed by atoms with Crippen molar-refractivity contribution in [1.82, 2.24) is 24.9 Å². The van der Waals surface area contributed by atoms with E-state index in [9.17, 15) is 18.4 Å². The average Bonchev–Trinajstić information content (AvgIpc) is 3.33. The number of hydrogen-bond donors (Lipinski definition) is 3. The molecule has 2 aliphatic rings. The van der Waals surface area contributed by atoms with Gasteiger partial charge in [0.25, 0.3) is 5.91 Å². The van der Waals surface area contributed by atoms with Crippen LogP contribution in [0.15, 0.2) is 42.1 Å². The van der Waals surface area contributed by atoms with E-state index in [4.69, 9.17) is 0 Å². The maximum atomic E-state index is 13.6. The summed E-state index contributed by atoms with van der Waals surface area (Å²) in [5.41, 5.74) is 2.03. The number of alkyl halides is 2. The Hall–Kier alpha value is -3.89. The lowest BCUT2D eigenvalue weighted by molar-refractivity contribution is -0.124. The SMILES string of the molecule is O=C1C/C(=C\c2cnn3c(Nc4ccccc4)nc(NC4CCC(F)(F)CC4)nc23)C(=O)N1. The van der Waals surface area contributed by atoms with Crippen molar-refractivity contribution in [3.63, 3.8) is 0 Å². The van der Waals surface area contributed by atoms with Crippen LogP contribution in [0.3, 0.4) is 0 Å². The number of rotatable bonds is 5. The van der Waals surface area contributed by atoms with Crippen molar-refractivity contribution in [3.8, 4) is 0 Å². The fourth-order valence-electron chi connectivity index (χ4n) is 3.97. The van der Waals surface area contributed by atoms with Crippen molar-refractivity contribution in [2.75, 3.05) is 10.6 Å². The third kappa shape index (κ3) is 4.52. The Morgan fingerprint density at radius 1 is 1.12 bits per heavy atom. The van der Waals surface area contributed by atoms with Crippen molar-refractivity contribution in [2.24, 2.45) is 0 Å². The second-order valence-corrected chi connectivity index (χ2v) is 8.20. The Morgan fingerprint density at radius 2 is 1.88 bits per heavy atom. The number of halogens is 2. The Labute approximate surface area is 187 Å². The molecular weight excluding hydrogens is 432 g/mol. The first-order chi connectivity index (χ1) is 15.9. The molecule has 2 fully saturated rings. The van der Waals surface area contributed by atoms with Crippen molar-refractivity contribution in [3.05, 3.63) is 47.7 Å². The molecule has 1 saturated carbocycles. The molecule has 5 rings (SSSR count). The summed E-state index contributed by atoms with van der Waals surface area (Å²) in [5.74, 6) is -2.81. The summed E-state index contributed by atoms with van der Waals surface area (Å²) >= 11 is 0. The molecule has 1 aromatic carbocycles. The van der Waals surface area contributed by atoms with Gasteiger partial charge in [0.2, 0.25) is 23.7 Å². The molecule has 0 spiro atoms. The van der Waals surface area contributed by atoms with Crippen LogP contribution in [0, 0.1) is 0 Å². The van der Waals surface area contributed by atoms with E-state index >= 15 is 0 Å². The van der Waals surface area contributed by atoms with E-state index < -0.39 is 11.8 Å². The van der Waals surface area contributed by atoms with Gasteiger partial charge in [0.1, 0.15) is 0 Å². The molecule has 33 heavy (non-hydrogen) atoms. The number of aromatic nitrogens is 4. The summed E-state index contributed by atoms with van der Waals surface area (Å²) < 4.78 is 28.6. The van der Waals surface area contributed by atoms with Crippen molar-refractivity contribution in [1.29, 1.82) is 0 Å². The highest BCUT2D eigenvalue weighted by Crippen LogP contribution is 2.34. The Balaban J connectivity index is 1.52. The van der Waals surface area contributed by atoms with Crippen molar-refractivity contribution >= 4 is 41.1 Å². The number of hydrogen-bond acceptors (Lipinski definition) is 7. The van der Waals surface area contributed by atoms with Crippen LogP contribution in [0.2, 0.25) is 0 Å². The molecule has 0 bridgehead atoms. The normalized spacial score (nSPS) is 19.8. The summed E-state index contributed by atoms with van der Waals surface area (Å²) in [6.07, 6.45) is 3.34. The van der Waals surface area contributed by atoms with Gasteiger partial charge < -0.3 is 10.6 Å². The summed E-state index contributed by atoms with van der Waals surface area (Å²) in [4.78, 5) is 32.6. The van der Waals surface area contributed by atoms with Crippen LogP contribution in [0.4, 0.5) is 26.4 Å². The maximum absolute atomic E-state index is 13.6. The first-order valence-electron chi connectivity index (χ1n) is 10.6. The summed E-state index contributed by atoms with van der Waals surface area (Å²) in [6.45, 7) is 0. The van der Waals surface area contributed by atoms with Gasteiger partial charge in [0.05, 0.1) is 12.6 Å². The minimum absolute atomic E-state index is 0.0161. The number of fused-ring (bicyclic) bond motifs is 1. The van der Waals surface area contributed by atoms with Crippen molar-refractivity contribution in [2.45, 2.75) is 44.1 Å². The highest BCUT2D eigenvalue weighted by Gasteiger charge is 2.35. The van der Waals surface area contributed by atoms with E-state index in [1.165, 1.54) is 10.7 Å². The number of carbonyl (C=O) groups excluding carboxylic acids is 2. The molecular formula is C22H21F2N7O2. The molecule has 1 saturated heterocycles. The molecule has 3 heterocycles. The van der Waals surface area contributed by atoms with E-state index in [1.807, 2.05) is 30.3 Å². The van der Waals surface area contributed by atoms with Gasteiger partial charge in [0, 0.05) is 35.7 Å². The van der Waals surface area contributed by atoms with E-state index in [0.29, 0.717) is 35.6 Å². The van der Waals surface area contributed by atoms with Gasteiger partial charge in [-0.1, -0.05) is 18.2 Å². The molecule has 2 aromatic heterocycles. The molecule has 0 unspecified atom stereocenters. The fraction of sp³-hybridized carbons (Fsp3) is 0.318. The number of benzene rings is 1. The zero-order chi connectivity index (χ0) is 23.0. The predicted molar refractivity (Wildman–Crippen MR) is 117 cm³/mol. The summed E-state index contributed by atoms with van der Waals surface area (Å²) in [7, 11) is 0. The zero-order valence-corrected chi connectivity index (χ0v) is 17.5. The lowest BCUT2D eigenvalue weighted by Gasteiger charge is -2.28. The van der Waals surface area contributed by atoms with Crippen LogP contribution < -0.4 is 16.0 Å². The minimum Gasteiger partial charge on any atom is -0.351 e. The Bertz CT molecular complexity index is 1250. The van der Waals surface area contributed by atoms with Crippen molar-refractivity contribution < 1.29 is 18.4 Å². The largest absolute Gasteiger partial charge is 0.351 e. The van der Waals surface area contributed by atoms with Gasteiger partial charge in [0.15, 0.2) is 5.65 Å². The number of anilines is 3. The molecule has 1 aliphatic carbocycles. The summed E-state index contributed by atoms with van der Waals surface area (Å²) in [5, 5.41) is 13.0. The lowest BCUT2D eigenvalue weighted by atomic mass is 9.92. The van der Waals surface area contributed by atoms with E-state index in [-0.39, 0.29) is 37.2 Å². The monoisotopic (exact) mass is 453 g/mol. The number of amides is 2. The van der Waals surface area contributed by atoms with Gasteiger partial charge in [-0.05, 0) is 31.1 Å². The molecule has 2 amide bonds. The Kier molecular flexibility index (Phi) is 5.23. The molecule has 1 aliphatic heterocycles. The topological polar surface area (TPSA) is 113 Å². The first-order valence-corrected chi connectivity index (χ1v) is 10.6. The maximum Gasteiger partial charge on any atom is 0.254 e.